The first kappa shape index (κ1) is 22.9. The number of non-ortho nitro benzene ring substituents is 1. The van der Waals surface area contributed by atoms with Crippen molar-refractivity contribution in [3.8, 4) is 0 Å². The minimum Gasteiger partial charge on any atom is -0.355 e. The van der Waals surface area contributed by atoms with E-state index in [2.05, 4.69) is 26.1 Å². The van der Waals surface area contributed by atoms with Gasteiger partial charge in [0.05, 0.1) is 4.92 Å². The zero-order valence-corrected chi connectivity index (χ0v) is 17.3. The fourth-order valence-electron chi connectivity index (χ4n) is 3.55. The summed E-state index contributed by atoms with van der Waals surface area (Å²) in [5, 5.41) is 21.4. The Labute approximate surface area is 188 Å². The average molecular weight is 478 g/mol. The Morgan fingerprint density at radius 1 is 1.09 bits per heavy atom. The number of hydrazine groups is 1. The highest BCUT2D eigenvalue weighted by Gasteiger charge is 2.38. The summed E-state index contributed by atoms with van der Waals surface area (Å²) in [5.74, 6) is -2.54. The lowest BCUT2D eigenvalue weighted by atomic mass is 9.96. The van der Waals surface area contributed by atoms with Crippen LogP contribution < -0.4 is 15.8 Å². The highest BCUT2D eigenvalue weighted by Crippen LogP contribution is 2.28. The first-order chi connectivity index (χ1) is 16.1. The zero-order valence-electron chi connectivity index (χ0n) is 17.3. The molecule has 15 heteroatoms. The van der Waals surface area contributed by atoms with Crippen molar-refractivity contribution in [3.05, 3.63) is 57.9 Å². The van der Waals surface area contributed by atoms with Gasteiger partial charge in [-0.2, -0.15) is 17.7 Å². The largest absolute Gasteiger partial charge is 0.453 e. The molecule has 1 fully saturated rings. The van der Waals surface area contributed by atoms with Crippen LogP contribution in [0, 0.1) is 16.0 Å². The average Bonchev–Trinajstić information content (AvgIpc) is 3.26. The number of rotatable bonds is 4. The van der Waals surface area contributed by atoms with Gasteiger partial charge in [0.1, 0.15) is 5.82 Å². The molecule has 1 saturated heterocycles. The number of carbonyl (C=O) groups excluding carboxylic acids is 2. The molecular formula is C19H17F3N8O4. The summed E-state index contributed by atoms with van der Waals surface area (Å²) in [7, 11) is 0. The van der Waals surface area contributed by atoms with Crippen molar-refractivity contribution in [3.63, 3.8) is 0 Å². The summed E-state index contributed by atoms with van der Waals surface area (Å²) in [6.45, 7) is 0.692. The summed E-state index contributed by atoms with van der Waals surface area (Å²) < 4.78 is 39.9. The summed E-state index contributed by atoms with van der Waals surface area (Å²) in [6.07, 6.45) is -3.97. The van der Waals surface area contributed by atoms with Gasteiger partial charge in [-0.05, 0) is 31.0 Å². The van der Waals surface area contributed by atoms with Gasteiger partial charge in [-0.3, -0.25) is 30.6 Å². The Morgan fingerprint density at radius 2 is 1.82 bits per heavy atom. The van der Waals surface area contributed by atoms with E-state index >= 15 is 0 Å². The maximum atomic E-state index is 13.1. The standard InChI is InChI=1S/C19H17F3N8O4/c20-19(21,22)18-26-23-14-4-5-15(27-29(14)18)28-8-6-11(7-9-28)16(31)24-25-17(32)12-2-1-3-13(10-12)30(33)34/h1-5,10-11H,6-9H2,(H,24,31)(H,25,32). The first-order valence-corrected chi connectivity index (χ1v) is 10.0. The molecular weight excluding hydrogens is 461 g/mol. The summed E-state index contributed by atoms with van der Waals surface area (Å²) in [5.41, 5.74) is 4.26. The molecule has 2 aromatic heterocycles. The number of nitrogens with zero attached hydrogens (tertiary/aromatic N) is 6. The number of nitrogens with one attached hydrogen (secondary N) is 2. The van der Waals surface area contributed by atoms with Gasteiger partial charge in [0, 0.05) is 36.7 Å². The van der Waals surface area contributed by atoms with Gasteiger partial charge in [0.25, 0.3) is 17.4 Å². The van der Waals surface area contributed by atoms with E-state index in [-0.39, 0.29) is 22.7 Å². The maximum Gasteiger partial charge on any atom is 0.453 e. The van der Waals surface area contributed by atoms with Gasteiger partial charge in [-0.15, -0.1) is 15.3 Å². The monoisotopic (exact) mass is 478 g/mol. The maximum absolute atomic E-state index is 13.1. The molecule has 12 nitrogen and oxygen atoms in total. The molecule has 34 heavy (non-hydrogen) atoms. The number of aromatic nitrogens is 4. The second kappa shape index (κ2) is 8.92. The molecule has 3 aromatic rings. The lowest BCUT2D eigenvalue weighted by Crippen LogP contribution is -2.47. The van der Waals surface area contributed by atoms with Crippen LogP contribution in [-0.2, 0) is 11.0 Å². The van der Waals surface area contributed by atoms with Crippen LogP contribution in [0.4, 0.5) is 24.7 Å². The third-order valence-corrected chi connectivity index (χ3v) is 5.31. The van der Waals surface area contributed by atoms with Gasteiger partial charge >= 0.3 is 6.18 Å². The second-order valence-electron chi connectivity index (χ2n) is 7.50. The third-order valence-electron chi connectivity index (χ3n) is 5.31. The smallest absolute Gasteiger partial charge is 0.355 e. The highest BCUT2D eigenvalue weighted by molar-refractivity contribution is 5.96. The van der Waals surface area contributed by atoms with E-state index in [1.165, 1.54) is 30.3 Å². The number of benzene rings is 1. The molecule has 0 unspecified atom stereocenters. The number of amides is 2. The van der Waals surface area contributed by atoms with E-state index in [1.807, 2.05) is 0 Å². The topological polar surface area (TPSA) is 148 Å². The molecule has 0 bridgehead atoms. The van der Waals surface area contributed by atoms with Crippen LogP contribution in [0.25, 0.3) is 5.65 Å². The van der Waals surface area contributed by atoms with Gasteiger partial charge < -0.3 is 4.90 Å². The molecule has 0 saturated carbocycles. The van der Waals surface area contributed by atoms with Crippen molar-refractivity contribution < 1.29 is 27.7 Å². The molecule has 0 aliphatic carbocycles. The van der Waals surface area contributed by atoms with Crippen LogP contribution in [0.5, 0.6) is 0 Å². The molecule has 178 valence electrons. The van der Waals surface area contributed by atoms with Crippen molar-refractivity contribution >= 4 is 29.0 Å². The number of piperidine rings is 1. The molecule has 0 atom stereocenters. The van der Waals surface area contributed by atoms with Crippen molar-refractivity contribution in [2.24, 2.45) is 5.92 Å². The van der Waals surface area contributed by atoms with Crippen LogP contribution in [-0.4, -0.2) is 49.6 Å². The number of hydrogen-bond donors (Lipinski definition) is 2. The predicted octanol–water partition coefficient (Wildman–Crippen LogP) is 1.73. The number of hydrogen-bond acceptors (Lipinski definition) is 8. The quantitative estimate of drug-likeness (QED) is 0.426. The Morgan fingerprint density at radius 3 is 2.50 bits per heavy atom. The number of alkyl halides is 3. The Balaban J connectivity index is 1.34. The number of nitro groups is 1. The summed E-state index contributed by atoms with van der Waals surface area (Å²) >= 11 is 0. The molecule has 1 aliphatic heterocycles. The molecule has 0 spiro atoms. The molecule has 1 aliphatic rings. The normalized spacial score (nSPS) is 14.7. The van der Waals surface area contributed by atoms with Crippen LogP contribution in [0.3, 0.4) is 0 Å². The van der Waals surface area contributed by atoms with E-state index in [4.69, 9.17) is 0 Å². The summed E-state index contributed by atoms with van der Waals surface area (Å²) in [4.78, 5) is 36.5. The van der Waals surface area contributed by atoms with Crippen LogP contribution in [0.1, 0.15) is 29.0 Å². The second-order valence-corrected chi connectivity index (χ2v) is 7.50. The van der Waals surface area contributed by atoms with Crippen molar-refractivity contribution in [2.75, 3.05) is 18.0 Å². The Kier molecular flexibility index (Phi) is 6.00. The molecule has 3 heterocycles. The van der Waals surface area contributed by atoms with Crippen LogP contribution in [0.2, 0.25) is 0 Å². The Bertz CT molecular complexity index is 1250. The van der Waals surface area contributed by atoms with E-state index in [9.17, 15) is 32.9 Å². The minimum atomic E-state index is -4.70. The van der Waals surface area contributed by atoms with Crippen LogP contribution >= 0.6 is 0 Å². The van der Waals surface area contributed by atoms with E-state index in [0.717, 1.165) is 6.07 Å². The predicted molar refractivity (Wildman–Crippen MR) is 109 cm³/mol. The van der Waals surface area contributed by atoms with Gasteiger partial charge in [-0.25, -0.2) is 0 Å². The van der Waals surface area contributed by atoms with E-state index < -0.39 is 34.7 Å². The molecule has 2 amide bonds. The lowest BCUT2D eigenvalue weighted by Gasteiger charge is -2.32. The summed E-state index contributed by atoms with van der Waals surface area (Å²) in [6, 6.07) is 7.97. The van der Waals surface area contributed by atoms with Crippen molar-refractivity contribution in [1.29, 1.82) is 0 Å². The number of nitro benzene ring substituents is 1. The fourth-order valence-corrected chi connectivity index (χ4v) is 3.55. The third kappa shape index (κ3) is 4.72. The van der Waals surface area contributed by atoms with Crippen LogP contribution in [0.15, 0.2) is 36.4 Å². The van der Waals surface area contributed by atoms with Crippen molar-refractivity contribution in [2.45, 2.75) is 19.0 Å². The van der Waals surface area contributed by atoms with E-state index in [1.54, 1.807) is 4.90 Å². The number of halogens is 3. The molecule has 0 radical (unpaired) electrons. The molecule has 1 aromatic carbocycles. The Hall–Kier alpha value is -4.30. The SMILES string of the molecule is O=C(NNC(=O)C1CCN(c2ccc3nnc(C(F)(F)F)n3n2)CC1)c1cccc([N+](=O)[O-])c1. The fraction of sp³-hybridized carbons (Fsp3) is 0.316. The van der Waals surface area contributed by atoms with Gasteiger partial charge in [-0.1, -0.05) is 6.07 Å². The van der Waals surface area contributed by atoms with E-state index in [0.29, 0.717) is 30.4 Å². The minimum absolute atomic E-state index is 0.0120. The van der Waals surface area contributed by atoms with Gasteiger partial charge in [0.15, 0.2) is 5.65 Å². The number of fused-ring (bicyclic) bond motifs is 1. The number of carbonyl (C=O) groups is 2. The molecule has 4 rings (SSSR count). The molecule has 2 N–H and O–H groups in total. The lowest BCUT2D eigenvalue weighted by molar-refractivity contribution is -0.384. The van der Waals surface area contributed by atoms with Gasteiger partial charge in [0.2, 0.25) is 5.91 Å². The van der Waals surface area contributed by atoms with Crippen molar-refractivity contribution in [1.82, 2.24) is 30.7 Å². The first-order valence-electron chi connectivity index (χ1n) is 10.0. The number of anilines is 1. The zero-order chi connectivity index (χ0) is 24.5. The highest BCUT2D eigenvalue weighted by atomic mass is 19.4.